The zero-order chi connectivity index (χ0) is 12.4. The molecular weight excluding hydrogens is 218 g/mol. The number of aliphatic carboxylic acids is 1. The molecule has 0 amide bonds. The van der Waals surface area contributed by atoms with E-state index < -0.39 is 32.4 Å². The smallest absolute Gasteiger partial charge is 0.470 e. The first-order chi connectivity index (χ1) is 6.68. The summed E-state index contributed by atoms with van der Waals surface area (Å²) in [6.07, 6.45) is 0. The molecule has 0 aromatic heterocycles. The van der Waals surface area contributed by atoms with Gasteiger partial charge in [0.05, 0.1) is 0 Å². The highest BCUT2D eigenvalue weighted by Gasteiger charge is 2.75. The number of carboxylic acids is 1. The van der Waals surface area contributed by atoms with Gasteiger partial charge in [-0.1, -0.05) is 0 Å². The minimum absolute atomic E-state index is 0.486. The maximum Gasteiger partial charge on any atom is 0.617 e. The minimum atomic E-state index is -3.86. The molecule has 1 N–H and O–H groups in total. The van der Waals surface area contributed by atoms with Gasteiger partial charge in [0.25, 0.3) is 0 Å². The summed E-state index contributed by atoms with van der Waals surface area (Å²) < 4.78 is 0. The summed E-state index contributed by atoms with van der Waals surface area (Å²) in [6.45, 7) is 0.486. The van der Waals surface area contributed by atoms with E-state index in [1.165, 1.54) is 0 Å². The Balaban J connectivity index is 5.75. The van der Waals surface area contributed by atoms with Crippen molar-refractivity contribution < 1.29 is 24.7 Å². The predicted molar refractivity (Wildman–Crippen MR) is 40.8 cm³/mol. The predicted octanol–water partition coefficient (Wildman–Crippen LogP) is -1.01. The first kappa shape index (κ1) is 12.7. The highest BCUT2D eigenvalue weighted by molar-refractivity contribution is 5.75. The van der Waals surface area contributed by atoms with Gasteiger partial charge in [0.1, 0.15) is 9.85 Å². The van der Waals surface area contributed by atoms with E-state index in [-0.39, 0.29) is 0 Å². The van der Waals surface area contributed by atoms with Crippen LogP contribution >= 0.6 is 0 Å². The molecule has 0 aromatic carbocycles. The van der Waals surface area contributed by atoms with E-state index in [4.69, 9.17) is 5.11 Å². The quantitative estimate of drug-likeness (QED) is 0.351. The molecule has 0 aliphatic rings. The van der Waals surface area contributed by atoms with Gasteiger partial charge in [-0.2, -0.15) is 0 Å². The van der Waals surface area contributed by atoms with Crippen LogP contribution in [0.1, 0.15) is 6.92 Å². The van der Waals surface area contributed by atoms with Crippen molar-refractivity contribution in [3.63, 3.8) is 0 Å². The van der Waals surface area contributed by atoms with Crippen molar-refractivity contribution in [1.82, 2.24) is 0 Å². The van der Waals surface area contributed by atoms with Gasteiger partial charge >= 0.3 is 17.7 Å². The van der Waals surface area contributed by atoms with Crippen LogP contribution in [0.15, 0.2) is 0 Å². The van der Waals surface area contributed by atoms with Crippen molar-refractivity contribution in [2.75, 3.05) is 0 Å². The Morgan fingerprint density at radius 1 is 1.20 bits per heavy atom. The third-order valence-corrected chi connectivity index (χ3v) is 1.77. The first-order valence-electron chi connectivity index (χ1n) is 3.34. The zero-order valence-electron chi connectivity index (χ0n) is 7.22. The molecule has 1 unspecified atom stereocenters. The van der Waals surface area contributed by atoms with Crippen LogP contribution in [0, 0.1) is 30.3 Å². The zero-order valence-corrected chi connectivity index (χ0v) is 7.22. The summed E-state index contributed by atoms with van der Waals surface area (Å²) in [7, 11) is 0. The number of rotatable bonds is 5. The van der Waals surface area contributed by atoms with Crippen LogP contribution in [0.25, 0.3) is 0 Å². The monoisotopic (exact) mass is 223 g/mol. The van der Waals surface area contributed by atoms with Crippen LogP contribution < -0.4 is 0 Å². The summed E-state index contributed by atoms with van der Waals surface area (Å²) in [5, 5.41) is 39.2. The molecule has 0 bridgehead atoms. The van der Waals surface area contributed by atoms with Gasteiger partial charge in [-0.05, 0) is 0 Å². The van der Waals surface area contributed by atoms with Crippen molar-refractivity contribution in [1.29, 1.82) is 0 Å². The molecule has 0 heterocycles. The fourth-order valence-corrected chi connectivity index (χ4v) is 0.854. The van der Waals surface area contributed by atoms with E-state index in [0.717, 1.165) is 0 Å². The first-order valence-corrected chi connectivity index (χ1v) is 3.34. The van der Waals surface area contributed by atoms with Crippen LogP contribution in [-0.2, 0) is 4.79 Å². The van der Waals surface area contributed by atoms with Crippen LogP contribution in [0.5, 0.6) is 0 Å². The van der Waals surface area contributed by atoms with E-state index in [0.29, 0.717) is 6.92 Å². The third kappa shape index (κ3) is 1.66. The van der Waals surface area contributed by atoms with Gasteiger partial charge < -0.3 is 5.11 Å². The Kier molecular flexibility index (Phi) is 3.22. The largest absolute Gasteiger partial charge is 0.617 e. The SMILES string of the molecule is CC([N+](=O)[O-])C(C(=O)O)([N+](=O)[O-])[N+](=O)[O-]. The van der Waals surface area contributed by atoms with E-state index in [2.05, 4.69) is 0 Å². The maximum atomic E-state index is 10.5. The average Bonchev–Trinajstić information content (AvgIpc) is 2.02. The molecule has 0 aromatic rings. The molecule has 0 spiro atoms. The van der Waals surface area contributed by atoms with Gasteiger partial charge in [-0.15, -0.1) is 0 Å². The number of nitro groups is 3. The fourth-order valence-electron chi connectivity index (χ4n) is 0.854. The summed E-state index contributed by atoms with van der Waals surface area (Å²) in [6, 6.07) is -2.49. The molecule has 0 fully saturated rings. The Morgan fingerprint density at radius 3 is 1.60 bits per heavy atom. The van der Waals surface area contributed by atoms with Crippen molar-refractivity contribution in [2.45, 2.75) is 18.6 Å². The van der Waals surface area contributed by atoms with Crippen LogP contribution in [0.3, 0.4) is 0 Å². The molecule has 15 heavy (non-hydrogen) atoms. The van der Waals surface area contributed by atoms with Crippen molar-refractivity contribution >= 4 is 5.97 Å². The lowest BCUT2D eigenvalue weighted by Gasteiger charge is -2.12. The molecule has 0 radical (unpaired) electrons. The van der Waals surface area contributed by atoms with Gasteiger partial charge in [0.15, 0.2) is 0 Å². The standard InChI is InChI=1S/C4H5N3O8/c1-2(5(10)11)4(3(8)9,6(12)13)7(14)15/h2H,1H3,(H,8,9). The fraction of sp³-hybridized carbons (Fsp3) is 0.750. The highest BCUT2D eigenvalue weighted by Crippen LogP contribution is 2.19. The number of hydrogen-bond donors (Lipinski definition) is 1. The highest BCUT2D eigenvalue weighted by atomic mass is 16.7. The van der Waals surface area contributed by atoms with Gasteiger partial charge in [0, 0.05) is 11.8 Å². The van der Waals surface area contributed by atoms with Crippen LogP contribution in [0.2, 0.25) is 0 Å². The lowest BCUT2D eigenvalue weighted by molar-refractivity contribution is -0.814. The second-order valence-electron chi connectivity index (χ2n) is 2.51. The van der Waals surface area contributed by atoms with Gasteiger partial charge in [-0.3, -0.25) is 30.3 Å². The normalized spacial score (nSPS) is 12.9. The molecular formula is C4H5N3O8. The second-order valence-corrected chi connectivity index (χ2v) is 2.51. The topological polar surface area (TPSA) is 167 Å². The van der Waals surface area contributed by atoms with Crippen LogP contribution in [-0.4, -0.2) is 37.6 Å². The van der Waals surface area contributed by atoms with Crippen molar-refractivity contribution in [3.05, 3.63) is 30.3 Å². The number of carboxylic acid groups (broad SMARTS) is 1. The van der Waals surface area contributed by atoms with E-state index in [1.54, 1.807) is 0 Å². The molecule has 0 rings (SSSR count). The minimum Gasteiger partial charge on any atom is -0.470 e. The lowest BCUT2D eigenvalue weighted by atomic mass is 10.0. The van der Waals surface area contributed by atoms with E-state index in [9.17, 15) is 35.1 Å². The summed E-state index contributed by atoms with van der Waals surface area (Å²) in [4.78, 5) is 36.3. The molecule has 1 atom stereocenters. The van der Waals surface area contributed by atoms with Crippen molar-refractivity contribution in [2.24, 2.45) is 0 Å². The number of nitrogens with zero attached hydrogens (tertiary/aromatic N) is 3. The Morgan fingerprint density at radius 2 is 1.53 bits per heavy atom. The summed E-state index contributed by atoms with van der Waals surface area (Å²) in [5.41, 5.74) is -3.86. The molecule has 11 heteroatoms. The summed E-state index contributed by atoms with van der Waals surface area (Å²) >= 11 is 0. The Labute approximate surface area is 80.7 Å². The van der Waals surface area contributed by atoms with Crippen molar-refractivity contribution in [3.8, 4) is 0 Å². The molecule has 0 saturated carbocycles. The number of hydrogen-bond acceptors (Lipinski definition) is 7. The van der Waals surface area contributed by atoms with E-state index >= 15 is 0 Å². The van der Waals surface area contributed by atoms with Gasteiger partial charge in [0.2, 0.25) is 0 Å². The maximum absolute atomic E-state index is 10.5. The Hall–Kier alpha value is -2.33. The Bertz CT molecular complexity index is 301. The summed E-state index contributed by atoms with van der Waals surface area (Å²) in [5.74, 6) is -2.48. The number of carbonyl (C=O) groups is 1. The molecule has 0 aliphatic heterocycles. The van der Waals surface area contributed by atoms with Gasteiger partial charge in [-0.25, -0.2) is 4.79 Å². The molecule has 11 nitrogen and oxygen atoms in total. The average molecular weight is 223 g/mol. The lowest BCUT2D eigenvalue weighted by Crippen LogP contribution is -2.62. The second kappa shape index (κ2) is 3.81. The molecule has 0 aliphatic carbocycles. The molecule has 84 valence electrons. The van der Waals surface area contributed by atoms with Crippen LogP contribution in [0.4, 0.5) is 0 Å². The molecule has 0 saturated heterocycles. The third-order valence-electron chi connectivity index (χ3n) is 1.77. The van der Waals surface area contributed by atoms with E-state index in [1.807, 2.05) is 0 Å².